The number of nitro groups is 1. The molecule has 1 fully saturated rings. The summed E-state index contributed by atoms with van der Waals surface area (Å²) >= 11 is 1.32. The number of carbonyl (C=O) groups excluding carboxylic acids is 1. The van der Waals surface area contributed by atoms with E-state index >= 15 is 0 Å². The van der Waals surface area contributed by atoms with Gasteiger partial charge in [-0.25, -0.2) is 4.99 Å². The zero-order valence-electron chi connectivity index (χ0n) is 17.9. The summed E-state index contributed by atoms with van der Waals surface area (Å²) < 4.78 is 5.87. The first-order valence-corrected chi connectivity index (χ1v) is 10.9. The van der Waals surface area contributed by atoms with E-state index in [4.69, 9.17) is 9.41 Å². The molecular weight excluding hydrogens is 426 g/mol. The number of hydrogen-bond donors (Lipinski definition) is 0. The molecule has 7 nitrogen and oxygen atoms in total. The zero-order valence-corrected chi connectivity index (χ0v) is 18.7. The lowest BCUT2D eigenvalue weighted by molar-refractivity contribution is -0.384. The predicted octanol–water partition coefficient (Wildman–Crippen LogP) is 6.10. The molecule has 1 amide bonds. The molecule has 0 saturated carbocycles. The number of hydrogen-bond acceptors (Lipinski definition) is 6. The SMILES string of the molecule is CCN1C(=O)/C(=C\c2ccc(-c3ccc([N+](=O)[O-])cc3)o2)SC1=Nc1cc(C)ccc1C. The second-order valence-electron chi connectivity index (χ2n) is 7.35. The lowest BCUT2D eigenvalue weighted by Gasteiger charge is -2.12. The van der Waals surface area contributed by atoms with Gasteiger partial charge >= 0.3 is 0 Å². The standard InChI is InChI=1S/C24H21N3O4S/c1-4-26-23(28)22(32-24(26)25-20-13-15(2)5-6-16(20)3)14-19-11-12-21(31-19)17-7-9-18(10-8-17)27(29)30/h5-14H,4H2,1-3H3/b22-14+,25-24?. The Hall–Kier alpha value is -3.65. The quantitative estimate of drug-likeness (QED) is 0.268. The first-order chi connectivity index (χ1) is 15.4. The van der Waals surface area contributed by atoms with E-state index in [2.05, 4.69) is 0 Å². The van der Waals surface area contributed by atoms with Crippen molar-refractivity contribution < 1.29 is 14.1 Å². The second kappa shape index (κ2) is 8.84. The highest BCUT2D eigenvalue weighted by Crippen LogP contribution is 2.35. The van der Waals surface area contributed by atoms with Gasteiger partial charge in [-0.3, -0.25) is 19.8 Å². The number of benzene rings is 2. The van der Waals surface area contributed by atoms with Gasteiger partial charge in [0, 0.05) is 30.3 Å². The van der Waals surface area contributed by atoms with Crippen LogP contribution < -0.4 is 0 Å². The highest BCUT2D eigenvalue weighted by molar-refractivity contribution is 8.18. The summed E-state index contributed by atoms with van der Waals surface area (Å²) in [6.45, 7) is 6.44. The van der Waals surface area contributed by atoms with Gasteiger partial charge in [0.1, 0.15) is 11.5 Å². The maximum Gasteiger partial charge on any atom is 0.269 e. The molecule has 0 spiro atoms. The minimum atomic E-state index is -0.443. The molecule has 4 rings (SSSR count). The normalized spacial score (nSPS) is 16.3. The fraction of sp³-hybridized carbons (Fsp3) is 0.167. The molecule has 0 N–H and O–H groups in total. The Labute approximate surface area is 189 Å². The highest BCUT2D eigenvalue weighted by Gasteiger charge is 2.32. The molecule has 32 heavy (non-hydrogen) atoms. The van der Waals surface area contributed by atoms with E-state index in [9.17, 15) is 14.9 Å². The summed E-state index contributed by atoms with van der Waals surface area (Å²) in [5.41, 5.74) is 3.74. The van der Waals surface area contributed by atoms with Crippen LogP contribution in [0, 0.1) is 24.0 Å². The average Bonchev–Trinajstić information content (AvgIpc) is 3.35. The second-order valence-corrected chi connectivity index (χ2v) is 8.36. The van der Waals surface area contributed by atoms with Crippen LogP contribution in [0.4, 0.5) is 11.4 Å². The molecule has 2 heterocycles. The summed E-state index contributed by atoms with van der Waals surface area (Å²) in [5.74, 6) is 0.979. The van der Waals surface area contributed by atoms with Gasteiger partial charge in [0.25, 0.3) is 11.6 Å². The molecule has 0 unspecified atom stereocenters. The summed E-state index contributed by atoms with van der Waals surface area (Å²) in [6, 6.07) is 15.7. The number of carbonyl (C=O) groups is 1. The third-order valence-electron chi connectivity index (χ3n) is 5.05. The number of aliphatic imine (C=N–C) groups is 1. The van der Waals surface area contributed by atoms with Crippen molar-refractivity contribution in [3.63, 3.8) is 0 Å². The van der Waals surface area contributed by atoms with Crippen LogP contribution in [0.5, 0.6) is 0 Å². The highest BCUT2D eigenvalue weighted by atomic mass is 32.2. The van der Waals surface area contributed by atoms with Crippen LogP contribution in [0.2, 0.25) is 0 Å². The molecule has 0 atom stereocenters. The molecule has 8 heteroatoms. The van der Waals surface area contributed by atoms with Crippen LogP contribution in [0.1, 0.15) is 23.8 Å². The largest absolute Gasteiger partial charge is 0.457 e. The zero-order chi connectivity index (χ0) is 22.8. The summed E-state index contributed by atoms with van der Waals surface area (Å²) in [5, 5.41) is 11.5. The summed E-state index contributed by atoms with van der Waals surface area (Å²) in [7, 11) is 0. The number of furan rings is 1. The molecule has 0 aliphatic carbocycles. The van der Waals surface area contributed by atoms with E-state index in [0.29, 0.717) is 28.1 Å². The Balaban J connectivity index is 1.61. The van der Waals surface area contributed by atoms with Gasteiger partial charge in [-0.2, -0.15) is 0 Å². The number of thioether (sulfide) groups is 1. The number of amides is 1. The molecule has 3 aromatic rings. The number of non-ortho nitro benzene ring substituents is 1. The Bertz CT molecular complexity index is 1260. The van der Waals surface area contributed by atoms with Gasteiger partial charge in [0.15, 0.2) is 5.17 Å². The first kappa shape index (κ1) is 21.6. The van der Waals surface area contributed by atoms with Crippen molar-refractivity contribution in [3.05, 3.63) is 86.5 Å². The third kappa shape index (κ3) is 4.36. The van der Waals surface area contributed by atoms with E-state index in [1.807, 2.05) is 39.0 Å². The molecule has 1 aromatic heterocycles. The number of aryl methyl sites for hydroxylation is 2. The van der Waals surface area contributed by atoms with Gasteiger partial charge in [0.05, 0.1) is 15.5 Å². The van der Waals surface area contributed by atoms with E-state index in [1.54, 1.807) is 35.2 Å². The Kier molecular flexibility index (Phi) is 5.96. The van der Waals surface area contributed by atoms with Crippen molar-refractivity contribution in [2.75, 3.05) is 6.54 Å². The monoisotopic (exact) mass is 447 g/mol. The van der Waals surface area contributed by atoms with E-state index in [0.717, 1.165) is 22.4 Å². The van der Waals surface area contributed by atoms with E-state index in [1.165, 1.54) is 23.9 Å². The van der Waals surface area contributed by atoms with Crippen molar-refractivity contribution >= 4 is 40.3 Å². The van der Waals surface area contributed by atoms with Gasteiger partial charge in [-0.15, -0.1) is 0 Å². The Morgan fingerprint density at radius 1 is 1.12 bits per heavy atom. The maximum absolute atomic E-state index is 12.9. The molecular formula is C24H21N3O4S. The molecule has 2 aromatic carbocycles. The van der Waals surface area contributed by atoms with Crippen LogP contribution in [0.15, 0.2) is 68.9 Å². The molecule has 1 aliphatic heterocycles. The van der Waals surface area contributed by atoms with Crippen LogP contribution >= 0.6 is 11.8 Å². The molecule has 0 bridgehead atoms. The van der Waals surface area contributed by atoms with Crippen LogP contribution in [-0.4, -0.2) is 27.4 Å². The van der Waals surface area contributed by atoms with Crippen molar-refractivity contribution in [2.45, 2.75) is 20.8 Å². The summed E-state index contributed by atoms with van der Waals surface area (Å²) in [4.78, 5) is 30.2. The predicted molar refractivity (Wildman–Crippen MR) is 127 cm³/mol. The topological polar surface area (TPSA) is 89.0 Å². The lowest BCUT2D eigenvalue weighted by atomic mass is 10.1. The summed E-state index contributed by atoms with van der Waals surface area (Å²) in [6.07, 6.45) is 1.70. The van der Waals surface area contributed by atoms with Crippen LogP contribution in [0.25, 0.3) is 17.4 Å². The Morgan fingerprint density at radius 3 is 2.56 bits per heavy atom. The average molecular weight is 448 g/mol. The van der Waals surface area contributed by atoms with Crippen molar-refractivity contribution in [3.8, 4) is 11.3 Å². The van der Waals surface area contributed by atoms with Crippen molar-refractivity contribution in [1.29, 1.82) is 0 Å². The molecule has 1 saturated heterocycles. The Morgan fingerprint density at radius 2 is 1.88 bits per heavy atom. The van der Waals surface area contributed by atoms with Gasteiger partial charge < -0.3 is 4.42 Å². The first-order valence-electron chi connectivity index (χ1n) is 10.1. The van der Waals surface area contributed by atoms with Crippen molar-refractivity contribution in [1.82, 2.24) is 4.90 Å². The minimum Gasteiger partial charge on any atom is -0.457 e. The fourth-order valence-electron chi connectivity index (χ4n) is 3.28. The molecule has 1 aliphatic rings. The van der Waals surface area contributed by atoms with Gasteiger partial charge in [-0.05, 0) is 74.0 Å². The fourth-order valence-corrected chi connectivity index (χ4v) is 4.31. The van der Waals surface area contributed by atoms with E-state index in [-0.39, 0.29) is 11.6 Å². The van der Waals surface area contributed by atoms with Gasteiger partial charge in [-0.1, -0.05) is 12.1 Å². The van der Waals surface area contributed by atoms with Crippen LogP contribution in [0.3, 0.4) is 0 Å². The van der Waals surface area contributed by atoms with Gasteiger partial charge in [0.2, 0.25) is 0 Å². The molecule has 162 valence electrons. The van der Waals surface area contributed by atoms with Crippen LogP contribution in [-0.2, 0) is 4.79 Å². The lowest BCUT2D eigenvalue weighted by Crippen LogP contribution is -2.28. The third-order valence-corrected chi connectivity index (χ3v) is 6.05. The smallest absolute Gasteiger partial charge is 0.269 e. The number of amidine groups is 1. The number of likely N-dealkylation sites (N-methyl/N-ethyl adjacent to an activating group) is 1. The minimum absolute atomic E-state index is 0.0194. The number of nitro benzene ring substituents is 1. The van der Waals surface area contributed by atoms with E-state index < -0.39 is 4.92 Å². The maximum atomic E-state index is 12.9. The number of nitrogens with zero attached hydrogens (tertiary/aromatic N) is 3. The number of rotatable bonds is 5. The van der Waals surface area contributed by atoms with Crippen molar-refractivity contribution in [2.24, 2.45) is 4.99 Å². The molecule has 0 radical (unpaired) electrons.